The van der Waals surface area contributed by atoms with Crippen LogP contribution in [0.3, 0.4) is 0 Å². The van der Waals surface area contributed by atoms with Crippen molar-refractivity contribution in [2.75, 3.05) is 5.32 Å². The Bertz CT molecular complexity index is 1240. The molecule has 212 valence electrons. The van der Waals surface area contributed by atoms with Crippen LogP contribution in [0.2, 0.25) is 0 Å². The SMILES string of the molecule is CC[C@H](Nc1cc(C(F)F)c(-c2sc(C(=O)N[C@H]3CC[C@@H]3O)nc2C(=O)N2[C@H]3CC[C@H]2CC3)cn1)C(F)(F)F. The third kappa shape index (κ3) is 5.32. The molecule has 8 nitrogen and oxygen atoms in total. The first-order valence-electron chi connectivity index (χ1n) is 12.9. The first kappa shape index (κ1) is 27.7. The number of thiazole rings is 1. The molecule has 0 radical (unpaired) electrons. The van der Waals surface area contributed by atoms with Crippen LogP contribution in [0.25, 0.3) is 10.4 Å². The summed E-state index contributed by atoms with van der Waals surface area (Å²) in [5, 5.41) is 14.5. The van der Waals surface area contributed by atoms with Crippen LogP contribution in [0.15, 0.2) is 12.3 Å². The maximum absolute atomic E-state index is 14.3. The van der Waals surface area contributed by atoms with E-state index in [2.05, 4.69) is 20.6 Å². The van der Waals surface area contributed by atoms with Gasteiger partial charge in [0.05, 0.1) is 17.0 Å². The lowest BCUT2D eigenvalue weighted by molar-refractivity contribution is -0.142. The third-order valence-electron chi connectivity index (χ3n) is 7.81. The van der Waals surface area contributed by atoms with Crippen molar-refractivity contribution in [1.82, 2.24) is 20.2 Å². The third-order valence-corrected chi connectivity index (χ3v) is 8.89. The van der Waals surface area contributed by atoms with E-state index < -0.39 is 48.2 Å². The molecule has 2 aliphatic heterocycles. The number of rotatable bonds is 8. The Kier molecular flexibility index (Phi) is 7.53. The molecule has 2 aromatic rings. The fourth-order valence-electron chi connectivity index (χ4n) is 5.51. The molecule has 1 saturated carbocycles. The molecule has 0 spiro atoms. The molecule has 2 aromatic heterocycles. The molecule has 39 heavy (non-hydrogen) atoms. The van der Waals surface area contributed by atoms with Gasteiger partial charge < -0.3 is 20.6 Å². The van der Waals surface area contributed by atoms with E-state index in [-0.39, 0.29) is 45.5 Å². The number of amides is 2. The van der Waals surface area contributed by atoms with Gasteiger partial charge in [-0.15, -0.1) is 11.3 Å². The minimum absolute atomic E-state index is 0.00261. The molecule has 0 aromatic carbocycles. The van der Waals surface area contributed by atoms with Crippen LogP contribution in [0.1, 0.15) is 84.1 Å². The summed E-state index contributed by atoms with van der Waals surface area (Å²) >= 11 is 0.743. The number of aliphatic hydroxyl groups excluding tert-OH is 1. The number of fused-ring (bicyclic) bond motifs is 2. The van der Waals surface area contributed by atoms with Crippen LogP contribution in [-0.2, 0) is 0 Å². The van der Waals surface area contributed by atoms with Crippen LogP contribution >= 0.6 is 11.3 Å². The normalized spacial score (nSPS) is 25.1. The Balaban J connectivity index is 1.53. The highest BCUT2D eigenvalue weighted by molar-refractivity contribution is 7.17. The Labute approximate surface area is 225 Å². The topological polar surface area (TPSA) is 107 Å². The van der Waals surface area contributed by atoms with Crippen LogP contribution in [0.4, 0.5) is 27.8 Å². The number of halogens is 5. The molecule has 5 rings (SSSR count). The van der Waals surface area contributed by atoms with Gasteiger partial charge in [-0.05, 0) is 51.0 Å². The van der Waals surface area contributed by atoms with E-state index in [0.29, 0.717) is 12.8 Å². The summed E-state index contributed by atoms with van der Waals surface area (Å²) in [7, 11) is 0. The van der Waals surface area contributed by atoms with Gasteiger partial charge in [0.25, 0.3) is 18.2 Å². The molecule has 0 unspecified atom stereocenters. The van der Waals surface area contributed by atoms with Gasteiger partial charge in [0.2, 0.25) is 0 Å². The summed E-state index contributed by atoms with van der Waals surface area (Å²) in [5.74, 6) is -1.50. The quantitative estimate of drug-likeness (QED) is 0.388. The van der Waals surface area contributed by atoms with Crippen molar-refractivity contribution in [3.05, 3.63) is 28.5 Å². The monoisotopic (exact) mass is 573 g/mol. The lowest BCUT2D eigenvalue weighted by Crippen LogP contribution is -2.50. The highest BCUT2D eigenvalue weighted by atomic mass is 32.1. The van der Waals surface area contributed by atoms with E-state index in [1.54, 1.807) is 4.90 Å². The maximum atomic E-state index is 14.3. The molecule has 2 bridgehead atoms. The predicted octanol–water partition coefficient (Wildman–Crippen LogP) is 4.92. The summed E-state index contributed by atoms with van der Waals surface area (Å²) in [6, 6.07) is -1.60. The molecule has 1 aliphatic carbocycles. The smallest absolute Gasteiger partial charge is 0.391 e. The second-order valence-electron chi connectivity index (χ2n) is 10.2. The number of nitrogens with one attached hydrogen (secondary N) is 2. The van der Waals surface area contributed by atoms with Gasteiger partial charge in [-0.3, -0.25) is 9.59 Å². The lowest BCUT2D eigenvalue weighted by Gasteiger charge is -2.32. The van der Waals surface area contributed by atoms with Crippen molar-refractivity contribution in [1.29, 1.82) is 0 Å². The second kappa shape index (κ2) is 10.6. The van der Waals surface area contributed by atoms with Gasteiger partial charge in [-0.25, -0.2) is 18.7 Å². The largest absolute Gasteiger partial charge is 0.408 e. The molecule has 3 atom stereocenters. The molecular weight excluding hydrogens is 545 g/mol. The predicted molar refractivity (Wildman–Crippen MR) is 133 cm³/mol. The van der Waals surface area contributed by atoms with Gasteiger partial charge in [0.15, 0.2) is 5.01 Å². The molecular formula is C25H28F5N5O3S. The molecule has 2 amide bonds. The van der Waals surface area contributed by atoms with Crippen molar-refractivity contribution in [2.24, 2.45) is 0 Å². The second-order valence-corrected chi connectivity index (χ2v) is 11.2. The van der Waals surface area contributed by atoms with Crippen molar-refractivity contribution >= 4 is 29.0 Å². The number of carbonyl (C=O) groups excluding carboxylic acids is 2. The first-order chi connectivity index (χ1) is 18.5. The molecule has 2 saturated heterocycles. The summed E-state index contributed by atoms with van der Waals surface area (Å²) in [6.07, 6.45) is -3.36. The number of carbonyl (C=O) groups is 2. The minimum Gasteiger partial charge on any atom is -0.391 e. The zero-order chi connectivity index (χ0) is 28.1. The van der Waals surface area contributed by atoms with Crippen LogP contribution in [-0.4, -0.2) is 68.2 Å². The van der Waals surface area contributed by atoms with E-state index in [4.69, 9.17) is 0 Å². The van der Waals surface area contributed by atoms with Crippen molar-refractivity contribution in [2.45, 2.75) is 94.7 Å². The highest BCUT2D eigenvalue weighted by Gasteiger charge is 2.44. The summed E-state index contributed by atoms with van der Waals surface area (Å²) in [4.78, 5) is 36.5. The average molecular weight is 574 g/mol. The first-order valence-corrected chi connectivity index (χ1v) is 13.7. The molecule has 3 fully saturated rings. The van der Waals surface area contributed by atoms with Crippen molar-refractivity contribution < 1.29 is 36.6 Å². The fourth-order valence-corrected chi connectivity index (χ4v) is 6.50. The maximum Gasteiger partial charge on any atom is 0.408 e. The number of nitrogens with zero attached hydrogens (tertiary/aromatic N) is 3. The summed E-state index contributed by atoms with van der Waals surface area (Å²) in [5.41, 5.74) is -0.969. The Morgan fingerprint density at radius 2 is 1.82 bits per heavy atom. The standard InChI is InChI=1S/C25H28F5N5O3S/c1-2-17(25(28,29)30)33-18-9-13(21(26)27)14(10-31-18)20-19(24(38)35-11-3-4-12(35)6-5-11)34-23(39-20)22(37)32-15-7-8-16(15)36/h9-12,15-17,21,36H,2-8H2,1H3,(H,31,33)(H,32,37)/t11-,12-,15-,16-,17-/m0/s1. The van der Waals surface area contributed by atoms with E-state index in [0.717, 1.165) is 49.3 Å². The van der Waals surface area contributed by atoms with Crippen LogP contribution < -0.4 is 10.6 Å². The van der Waals surface area contributed by atoms with E-state index >= 15 is 0 Å². The number of aromatic nitrogens is 2. The average Bonchev–Trinajstić information content (AvgIpc) is 3.63. The van der Waals surface area contributed by atoms with Gasteiger partial charge in [-0.1, -0.05) is 6.92 Å². The zero-order valence-electron chi connectivity index (χ0n) is 21.0. The number of pyridine rings is 1. The molecule has 3 N–H and O–H groups in total. The van der Waals surface area contributed by atoms with Gasteiger partial charge in [-0.2, -0.15) is 13.2 Å². The summed E-state index contributed by atoms with van der Waals surface area (Å²) in [6.45, 7) is 1.31. The Hall–Kier alpha value is -2.87. The summed E-state index contributed by atoms with van der Waals surface area (Å²) < 4.78 is 68.3. The zero-order valence-corrected chi connectivity index (χ0v) is 21.8. The highest BCUT2D eigenvalue weighted by Crippen LogP contribution is 2.42. The minimum atomic E-state index is -4.61. The Morgan fingerprint density at radius 3 is 2.33 bits per heavy atom. The van der Waals surface area contributed by atoms with Gasteiger partial charge in [0, 0.05) is 29.4 Å². The van der Waals surface area contributed by atoms with E-state index in [1.807, 2.05) is 0 Å². The number of anilines is 1. The lowest BCUT2D eigenvalue weighted by atomic mass is 9.89. The van der Waals surface area contributed by atoms with Gasteiger partial charge >= 0.3 is 6.18 Å². The fraction of sp³-hybridized carbons (Fsp3) is 0.600. The van der Waals surface area contributed by atoms with E-state index in [1.165, 1.54) is 6.92 Å². The number of hydrogen-bond acceptors (Lipinski definition) is 7. The van der Waals surface area contributed by atoms with Crippen molar-refractivity contribution in [3.8, 4) is 10.4 Å². The number of hydrogen-bond donors (Lipinski definition) is 3. The number of alkyl halides is 5. The molecule has 3 aliphatic rings. The van der Waals surface area contributed by atoms with Crippen LogP contribution in [0, 0.1) is 0 Å². The molecule has 14 heteroatoms. The van der Waals surface area contributed by atoms with Gasteiger partial charge in [0.1, 0.15) is 17.6 Å². The Morgan fingerprint density at radius 1 is 1.15 bits per heavy atom. The van der Waals surface area contributed by atoms with Crippen LogP contribution in [0.5, 0.6) is 0 Å². The van der Waals surface area contributed by atoms with E-state index in [9.17, 15) is 36.6 Å². The van der Waals surface area contributed by atoms with Crippen molar-refractivity contribution in [3.63, 3.8) is 0 Å². The number of aliphatic hydroxyl groups is 1. The molecule has 4 heterocycles.